The normalized spacial score (nSPS) is 6.50. The van der Waals surface area contributed by atoms with E-state index in [1.165, 1.54) is 18.9 Å². The Morgan fingerprint density at radius 2 is 2.00 bits per heavy atom. The zero-order valence-corrected chi connectivity index (χ0v) is 4.21. The van der Waals surface area contributed by atoms with Crippen LogP contribution >= 0.6 is 0 Å². The molecule has 4 heavy (non-hydrogen) atoms. The Labute approximate surface area is 34.5 Å². The summed E-state index contributed by atoms with van der Waals surface area (Å²) >= 11 is 1.31. The van der Waals surface area contributed by atoms with E-state index in [4.69, 9.17) is 0 Å². The van der Waals surface area contributed by atoms with Crippen LogP contribution in [0.3, 0.4) is 0 Å². The third-order valence-corrected chi connectivity index (χ3v) is 0. The summed E-state index contributed by atoms with van der Waals surface area (Å²) in [4.78, 5) is 9.22. The molecule has 0 saturated heterocycles. The quantitative estimate of drug-likeness (QED) is 0.611. The van der Waals surface area contributed by atoms with Crippen molar-refractivity contribution in [3.05, 3.63) is 0 Å². The van der Waals surface area contributed by atoms with Crippen molar-refractivity contribution in [2.45, 2.75) is 0 Å². The van der Waals surface area contributed by atoms with Crippen molar-refractivity contribution in [2.75, 3.05) is 0 Å². The Bertz CT molecular complexity index is 31.0. The van der Waals surface area contributed by atoms with Crippen molar-refractivity contribution >= 4 is 4.42 Å². The van der Waals surface area contributed by atoms with Gasteiger partial charge in [0.05, 0.1) is 0 Å². The Hall–Kier alpha value is 0.119. The van der Waals surface area contributed by atoms with Gasteiger partial charge >= 0.3 is 33.8 Å². The summed E-state index contributed by atoms with van der Waals surface area (Å²) in [5.74, 6) is 0. The molecule has 26 valence electrons. The Balaban J connectivity index is 2.80. The fourth-order valence-corrected chi connectivity index (χ4v) is 0. The van der Waals surface area contributed by atoms with Gasteiger partial charge in [-0.1, -0.05) is 0 Å². The Morgan fingerprint density at radius 1 is 2.00 bits per heavy atom. The zero-order chi connectivity index (χ0) is 3.58. The maximum atomic E-state index is 9.22. The third kappa shape index (κ3) is 186. The van der Waals surface area contributed by atoms with Crippen LogP contribution < -0.4 is 5.73 Å². The Morgan fingerprint density at radius 3 is 2.00 bits per heavy atom. The van der Waals surface area contributed by atoms with Crippen LogP contribution in [0.5, 0.6) is 0 Å². The van der Waals surface area contributed by atoms with Gasteiger partial charge < -0.3 is 0 Å². The van der Waals surface area contributed by atoms with Gasteiger partial charge in [-0.15, -0.1) is 0 Å². The van der Waals surface area contributed by atoms with Crippen LogP contribution in [0.4, 0.5) is 4.79 Å². The van der Waals surface area contributed by atoms with Gasteiger partial charge in [-0.05, 0) is 0 Å². The predicted octanol–water partition coefficient (Wildman–Crippen LogP) is -0.388. The monoisotopic (exact) mass is 237 g/mol. The number of primary amides is 1. The average molecular weight is 236 g/mol. The van der Waals surface area contributed by atoms with Gasteiger partial charge in [0, 0.05) is 0 Å². The predicted molar refractivity (Wildman–Crippen MR) is 9.58 cm³/mol. The number of amides is 1. The van der Waals surface area contributed by atoms with Gasteiger partial charge in [0.15, 0.2) is 0 Å². The number of nitrogens with two attached hydrogens (primary N) is 1. The number of carbonyl (C=O) groups is 1. The zero-order valence-electron chi connectivity index (χ0n) is 1.82. The van der Waals surface area contributed by atoms with Crippen molar-refractivity contribution in [1.29, 1.82) is 0 Å². The summed E-state index contributed by atoms with van der Waals surface area (Å²) < 4.78 is -0.333. The van der Waals surface area contributed by atoms with E-state index < -0.39 is 0 Å². The van der Waals surface area contributed by atoms with Crippen LogP contribution in [0, 0.1) is 0 Å². The van der Waals surface area contributed by atoms with Gasteiger partial charge in [0.25, 0.3) is 0 Å². The molecule has 2 nitrogen and oxygen atoms in total. The van der Waals surface area contributed by atoms with Crippen molar-refractivity contribution in [3.8, 4) is 0 Å². The minimum absolute atomic E-state index is 0.333. The molecule has 0 atom stereocenters. The first kappa shape index (κ1) is 4.12. The first-order valence-electron chi connectivity index (χ1n) is 0.659. The number of carbonyl (C=O) groups excluding carboxylic acids is 1. The molecular weight excluding hydrogens is 234 g/mol. The molecule has 0 aromatic heterocycles. The van der Waals surface area contributed by atoms with Crippen molar-refractivity contribution < 1.29 is 23.7 Å². The fourth-order valence-electron chi connectivity index (χ4n) is 0. The molecule has 0 aromatic carbocycles. The van der Waals surface area contributed by atoms with Gasteiger partial charge in [0.2, 0.25) is 0 Å². The minimum atomic E-state index is -0.333. The van der Waals surface area contributed by atoms with Gasteiger partial charge in [0.1, 0.15) is 0 Å². The second-order valence-electron chi connectivity index (χ2n) is 0.282. The standard InChI is InChI=1S/CH2NO.Ir/c2-1-3;/h(H2,2,3);. The first-order valence-corrected chi connectivity index (χ1v) is 1.86. The van der Waals surface area contributed by atoms with E-state index in [-0.39, 0.29) is 4.42 Å². The molecule has 0 heterocycles. The molecule has 0 unspecified atom stereocenters. The third-order valence-electron chi connectivity index (χ3n) is 0. The van der Waals surface area contributed by atoms with E-state index >= 15 is 0 Å². The summed E-state index contributed by atoms with van der Waals surface area (Å²) in [6, 6.07) is 0. The van der Waals surface area contributed by atoms with Crippen molar-refractivity contribution in [1.82, 2.24) is 0 Å². The van der Waals surface area contributed by atoms with Crippen LogP contribution in [-0.2, 0) is 18.9 Å². The summed E-state index contributed by atoms with van der Waals surface area (Å²) in [7, 11) is 0. The molecule has 3 heteroatoms. The van der Waals surface area contributed by atoms with Gasteiger partial charge in [-0.2, -0.15) is 0 Å². The number of rotatable bonds is 0. The molecule has 0 aliphatic rings. The molecule has 0 fully saturated rings. The van der Waals surface area contributed by atoms with E-state index in [2.05, 4.69) is 5.73 Å². The van der Waals surface area contributed by atoms with Crippen LogP contribution in [0.25, 0.3) is 0 Å². The van der Waals surface area contributed by atoms with E-state index in [0.717, 1.165) is 0 Å². The van der Waals surface area contributed by atoms with Crippen molar-refractivity contribution in [2.24, 2.45) is 5.73 Å². The Kier molecular flexibility index (Phi) is 1.48. The summed E-state index contributed by atoms with van der Waals surface area (Å²) in [6.07, 6.45) is 0. The number of hydrogen-bond acceptors (Lipinski definition) is 1. The SMILES string of the molecule is N[C](=O)[Ir]. The average Bonchev–Trinajstić information content (AvgIpc) is 0.811. The molecule has 1 amide bonds. The molecule has 0 aliphatic carbocycles. The van der Waals surface area contributed by atoms with E-state index in [9.17, 15) is 4.79 Å². The topological polar surface area (TPSA) is 43.1 Å². The molecular formula is CH2IrNO. The second-order valence-corrected chi connectivity index (χ2v) is 1.46. The number of hydrogen-bond donors (Lipinski definition) is 1. The van der Waals surface area contributed by atoms with Crippen LogP contribution in [-0.4, -0.2) is 4.42 Å². The van der Waals surface area contributed by atoms with E-state index in [0.29, 0.717) is 0 Å². The first-order chi connectivity index (χ1) is 1.73. The van der Waals surface area contributed by atoms with E-state index in [1.807, 2.05) is 0 Å². The summed E-state index contributed by atoms with van der Waals surface area (Å²) in [6.45, 7) is 0. The molecule has 0 spiro atoms. The van der Waals surface area contributed by atoms with Crippen LogP contribution in [0.15, 0.2) is 0 Å². The van der Waals surface area contributed by atoms with E-state index in [1.54, 1.807) is 0 Å². The van der Waals surface area contributed by atoms with Crippen LogP contribution in [0.2, 0.25) is 0 Å². The van der Waals surface area contributed by atoms with Crippen molar-refractivity contribution in [3.63, 3.8) is 0 Å². The fraction of sp³-hybridized carbons (Fsp3) is 0. The molecule has 0 aromatic rings. The molecule has 0 bridgehead atoms. The molecule has 2 N–H and O–H groups in total. The molecule has 0 aliphatic heterocycles. The summed E-state index contributed by atoms with van der Waals surface area (Å²) in [5, 5.41) is 0. The second kappa shape index (κ2) is 1.44. The molecule has 0 radical (unpaired) electrons. The van der Waals surface area contributed by atoms with Gasteiger partial charge in [-0.3, -0.25) is 0 Å². The molecule has 0 rings (SSSR count). The maximum absolute atomic E-state index is 9.22. The van der Waals surface area contributed by atoms with Gasteiger partial charge in [-0.25, -0.2) is 0 Å². The van der Waals surface area contributed by atoms with Crippen LogP contribution in [0.1, 0.15) is 0 Å². The summed E-state index contributed by atoms with van der Waals surface area (Å²) in [5.41, 5.74) is 4.47. The molecule has 0 saturated carbocycles.